The molecule has 3 heterocycles. The average Bonchev–Trinajstić information content (AvgIpc) is 3.72. The van der Waals surface area contributed by atoms with E-state index in [2.05, 4.69) is 166 Å². The molecule has 0 unspecified atom stereocenters. The van der Waals surface area contributed by atoms with Gasteiger partial charge in [-0.25, -0.2) is 4.98 Å². The molecule has 5 heteroatoms. The van der Waals surface area contributed by atoms with E-state index in [1.807, 2.05) is 18.5 Å². The maximum atomic E-state index is 4.83. The summed E-state index contributed by atoms with van der Waals surface area (Å²) in [5.74, 6) is 0. The number of hydrogen-bond acceptors (Lipinski definition) is 4. The lowest BCUT2D eigenvalue weighted by atomic mass is 10.0. The number of benzene rings is 6. The maximum Gasteiger partial charge on any atom is 0.124 e. The second-order valence-electron chi connectivity index (χ2n) is 11.5. The summed E-state index contributed by atoms with van der Waals surface area (Å²) in [7, 11) is 0. The van der Waals surface area contributed by atoms with Gasteiger partial charge in [-0.2, -0.15) is 0 Å². The van der Waals surface area contributed by atoms with Crippen molar-refractivity contribution in [2.45, 2.75) is 0 Å². The van der Waals surface area contributed by atoms with Gasteiger partial charge in [0.2, 0.25) is 0 Å². The van der Waals surface area contributed by atoms with Crippen LogP contribution in [-0.2, 0) is 0 Å². The lowest BCUT2D eigenvalue weighted by Gasteiger charge is -2.25. The molecule has 0 aliphatic rings. The zero-order valence-corrected chi connectivity index (χ0v) is 26.2. The molecule has 0 spiro atoms. The van der Waals surface area contributed by atoms with E-state index in [1.54, 1.807) is 11.3 Å². The van der Waals surface area contributed by atoms with Crippen LogP contribution in [0.3, 0.4) is 0 Å². The quantitative estimate of drug-likeness (QED) is 0.185. The van der Waals surface area contributed by atoms with Crippen LogP contribution in [0.2, 0.25) is 0 Å². The first kappa shape index (κ1) is 27.3. The molecule has 0 bridgehead atoms. The Kier molecular flexibility index (Phi) is 6.61. The van der Waals surface area contributed by atoms with E-state index in [-0.39, 0.29) is 0 Å². The highest BCUT2D eigenvalue weighted by Crippen LogP contribution is 2.39. The molecule has 0 radical (unpaired) electrons. The lowest BCUT2D eigenvalue weighted by Crippen LogP contribution is -2.09. The molecule has 222 valence electrons. The molecule has 6 aromatic carbocycles. The summed E-state index contributed by atoms with van der Waals surface area (Å²) < 4.78 is 3.55. The number of rotatable bonds is 6. The van der Waals surface area contributed by atoms with Crippen LogP contribution in [-0.4, -0.2) is 14.5 Å². The highest BCUT2D eigenvalue weighted by Gasteiger charge is 2.17. The van der Waals surface area contributed by atoms with E-state index in [1.165, 1.54) is 15.8 Å². The predicted octanol–water partition coefficient (Wildman–Crippen LogP) is 11.6. The highest BCUT2D eigenvalue weighted by molar-refractivity contribution is 7.21. The molecule has 0 aliphatic heterocycles. The van der Waals surface area contributed by atoms with Crippen molar-refractivity contribution < 1.29 is 0 Å². The largest absolute Gasteiger partial charge is 0.310 e. The Bertz CT molecular complexity index is 2430. The molecule has 0 saturated carbocycles. The summed E-state index contributed by atoms with van der Waals surface area (Å²) in [5.41, 5.74) is 11.3. The van der Waals surface area contributed by atoms with Gasteiger partial charge in [0.1, 0.15) is 5.01 Å². The fourth-order valence-electron chi connectivity index (χ4n) is 6.48. The number of para-hydroxylation sites is 3. The molecular weight excluding hydrogens is 593 g/mol. The minimum Gasteiger partial charge on any atom is -0.310 e. The number of thiazole rings is 1. The van der Waals surface area contributed by atoms with Crippen molar-refractivity contribution in [3.63, 3.8) is 0 Å². The Morgan fingerprint density at radius 1 is 0.511 bits per heavy atom. The molecule has 0 saturated heterocycles. The fraction of sp³-hybridized carbons (Fsp3) is 0. The Balaban J connectivity index is 1.09. The van der Waals surface area contributed by atoms with E-state index in [4.69, 9.17) is 4.98 Å². The second kappa shape index (κ2) is 11.4. The number of aromatic nitrogens is 3. The maximum absolute atomic E-state index is 4.83. The van der Waals surface area contributed by atoms with Crippen LogP contribution in [0.4, 0.5) is 17.1 Å². The number of pyridine rings is 1. The summed E-state index contributed by atoms with van der Waals surface area (Å²) in [6, 6.07) is 55.8. The zero-order valence-electron chi connectivity index (χ0n) is 25.4. The Morgan fingerprint density at radius 3 is 1.83 bits per heavy atom. The summed E-state index contributed by atoms with van der Waals surface area (Å²) in [6.07, 6.45) is 3.86. The molecule has 0 N–H and O–H groups in total. The minimum atomic E-state index is 1.05. The van der Waals surface area contributed by atoms with Gasteiger partial charge in [0.05, 0.1) is 21.3 Å². The fourth-order valence-corrected chi connectivity index (χ4v) is 7.45. The average molecular weight is 621 g/mol. The third-order valence-electron chi connectivity index (χ3n) is 8.72. The monoisotopic (exact) mass is 620 g/mol. The van der Waals surface area contributed by atoms with Crippen molar-refractivity contribution in [3.8, 4) is 27.4 Å². The summed E-state index contributed by atoms with van der Waals surface area (Å²) >= 11 is 1.73. The van der Waals surface area contributed by atoms with Gasteiger partial charge in [-0.3, -0.25) is 4.98 Å². The van der Waals surface area contributed by atoms with E-state index in [9.17, 15) is 0 Å². The molecule has 0 amide bonds. The van der Waals surface area contributed by atoms with Crippen LogP contribution in [0, 0.1) is 0 Å². The smallest absolute Gasteiger partial charge is 0.124 e. The van der Waals surface area contributed by atoms with Gasteiger partial charge in [-0.15, -0.1) is 11.3 Å². The number of fused-ring (bicyclic) bond motifs is 4. The van der Waals surface area contributed by atoms with Gasteiger partial charge in [-0.1, -0.05) is 84.9 Å². The lowest BCUT2D eigenvalue weighted by molar-refractivity contribution is 1.17. The first-order chi connectivity index (χ1) is 23.3. The van der Waals surface area contributed by atoms with E-state index in [0.717, 1.165) is 60.6 Å². The molecule has 9 rings (SSSR count). The normalized spacial score (nSPS) is 11.4. The van der Waals surface area contributed by atoms with Crippen molar-refractivity contribution in [3.05, 3.63) is 170 Å². The van der Waals surface area contributed by atoms with Crippen molar-refractivity contribution in [1.82, 2.24) is 14.5 Å². The Labute approximate surface area is 276 Å². The van der Waals surface area contributed by atoms with Crippen LogP contribution in [0.5, 0.6) is 0 Å². The van der Waals surface area contributed by atoms with Crippen LogP contribution >= 0.6 is 11.3 Å². The first-order valence-electron chi connectivity index (χ1n) is 15.7. The molecule has 0 fully saturated rings. The van der Waals surface area contributed by atoms with Crippen LogP contribution in [0.15, 0.2) is 170 Å². The predicted molar refractivity (Wildman–Crippen MR) is 197 cm³/mol. The first-order valence-corrected chi connectivity index (χ1v) is 16.5. The van der Waals surface area contributed by atoms with Crippen molar-refractivity contribution in [2.75, 3.05) is 4.90 Å². The SMILES string of the molecule is c1ccc(N(c2ccccc2)c2ccc3c(c2)c2cnccc2n3-c2ccc(-c3ccc(-c4nc5ccccc5s4)cc3)cc2)cc1. The molecule has 0 atom stereocenters. The molecule has 9 aromatic rings. The van der Waals surface area contributed by atoms with Crippen molar-refractivity contribution >= 4 is 60.4 Å². The standard InChI is InChI=1S/C42H28N4S/c1-3-9-32(10-4-1)45(33-11-5-2-6-12-33)35-23-24-39-36(27-35)37-28-43-26-25-40(37)46(39)34-21-19-30(20-22-34)29-15-17-31(18-16-29)42-44-38-13-7-8-14-41(38)47-42/h1-28H. The van der Waals surface area contributed by atoms with Gasteiger partial charge in [0.25, 0.3) is 0 Å². The van der Waals surface area contributed by atoms with Gasteiger partial charge in [0.15, 0.2) is 0 Å². The topological polar surface area (TPSA) is 34.0 Å². The Morgan fingerprint density at radius 2 is 1.13 bits per heavy atom. The van der Waals surface area contributed by atoms with Crippen molar-refractivity contribution in [2.24, 2.45) is 0 Å². The van der Waals surface area contributed by atoms with Gasteiger partial charge < -0.3 is 9.47 Å². The third kappa shape index (κ3) is 4.85. The summed E-state index contributed by atoms with van der Waals surface area (Å²) in [4.78, 5) is 11.7. The van der Waals surface area contributed by atoms with E-state index >= 15 is 0 Å². The van der Waals surface area contributed by atoms with Crippen LogP contribution < -0.4 is 4.90 Å². The number of hydrogen-bond donors (Lipinski definition) is 0. The second-order valence-corrected chi connectivity index (χ2v) is 12.6. The van der Waals surface area contributed by atoms with Crippen molar-refractivity contribution in [1.29, 1.82) is 0 Å². The molecule has 4 nitrogen and oxygen atoms in total. The number of anilines is 3. The molecular formula is C42H28N4S. The highest BCUT2D eigenvalue weighted by atomic mass is 32.1. The molecule has 47 heavy (non-hydrogen) atoms. The van der Waals surface area contributed by atoms with Gasteiger partial charge >= 0.3 is 0 Å². The third-order valence-corrected chi connectivity index (χ3v) is 9.81. The Hall–Kier alpha value is -6.04. The molecule has 0 aliphatic carbocycles. The number of nitrogens with zero attached hydrogens (tertiary/aromatic N) is 4. The van der Waals surface area contributed by atoms with Crippen LogP contribution in [0.1, 0.15) is 0 Å². The summed E-state index contributed by atoms with van der Waals surface area (Å²) in [6.45, 7) is 0. The molecule has 3 aromatic heterocycles. The van der Waals surface area contributed by atoms with E-state index < -0.39 is 0 Å². The van der Waals surface area contributed by atoms with E-state index in [0.29, 0.717) is 0 Å². The van der Waals surface area contributed by atoms with Gasteiger partial charge in [0, 0.05) is 51.5 Å². The van der Waals surface area contributed by atoms with Crippen LogP contribution in [0.25, 0.3) is 59.4 Å². The van der Waals surface area contributed by atoms with Gasteiger partial charge in [-0.05, 0) is 83.9 Å². The zero-order chi connectivity index (χ0) is 31.2. The minimum absolute atomic E-state index is 1.05. The summed E-state index contributed by atoms with van der Waals surface area (Å²) in [5, 5.41) is 3.34.